The van der Waals surface area contributed by atoms with Gasteiger partial charge >= 0.3 is 0 Å². The maximum atomic E-state index is 11.6. The van der Waals surface area contributed by atoms with E-state index < -0.39 is 0 Å². The average molecular weight is 249 g/mol. The van der Waals surface area contributed by atoms with E-state index in [4.69, 9.17) is 10.5 Å². The summed E-state index contributed by atoms with van der Waals surface area (Å²) < 4.78 is 7.41. The lowest BCUT2D eigenvalue weighted by atomic mass is 10.2. The van der Waals surface area contributed by atoms with Gasteiger partial charge in [-0.25, -0.2) is 4.98 Å². The molecule has 1 unspecified atom stereocenters. The van der Waals surface area contributed by atoms with Crippen LogP contribution in [0.2, 0.25) is 0 Å². The third-order valence-corrected chi connectivity index (χ3v) is 3.21. The second kappa shape index (κ2) is 4.41. The maximum absolute atomic E-state index is 11.6. The number of fused-ring (bicyclic) bond motifs is 1. The van der Waals surface area contributed by atoms with Gasteiger partial charge in [-0.2, -0.15) is 4.98 Å². The molecule has 1 aliphatic rings. The first-order valence-electron chi connectivity index (χ1n) is 6.06. The van der Waals surface area contributed by atoms with E-state index in [2.05, 4.69) is 15.0 Å². The van der Waals surface area contributed by atoms with Crippen LogP contribution in [0.4, 0.5) is 5.95 Å². The number of aromatic amines is 1. The van der Waals surface area contributed by atoms with Crippen molar-refractivity contribution in [3.8, 4) is 0 Å². The normalized spacial score (nSPS) is 19.7. The van der Waals surface area contributed by atoms with Crippen LogP contribution in [0, 0.1) is 0 Å². The van der Waals surface area contributed by atoms with Crippen LogP contribution in [0.1, 0.15) is 19.3 Å². The molecule has 18 heavy (non-hydrogen) atoms. The quantitative estimate of drug-likeness (QED) is 0.813. The molecule has 0 aromatic carbocycles. The minimum Gasteiger partial charge on any atom is -0.378 e. The number of H-pyrrole nitrogens is 1. The summed E-state index contributed by atoms with van der Waals surface area (Å²) in [5, 5.41) is 0. The van der Waals surface area contributed by atoms with Crippen molar-refractivity contribution in [2.24, 2.45) is 0 Å². The van der Waals surface area contributed by atoms with Crippen molar-refractivity contribution in [1.29, 1.82) is 0 Å². The van der Waals surface area contributed by atoms with Crippen LogP contribution in [-0.2, 0) is 11.3 Å². The SMILES string of the molecule is Nc1nc2c(ncn2CCC2CCCO2)c(=O)[nH]1. The van der Waals surface area contributed by atoms with Gasteiger partial charge in [-0.1, -0.05) is 0 Å². The molecule has 96 valence electrons. The standard InChI is InChI=1S/C11H15N5O2/c12-11-14-9-8(10(17)15-11)13-6-16(9)4-3-7-2-1-5-18-7/h6-7H,1-5H2,(H3,12,14,15,17). The van der Waals surface area contributed by atoms with Crippen molar-refractivity contribution in [1.82, 2.24) is 19.5 Å². The van der Waals surface area contributed by atoms with Crippen molar-refractivity contribution >= 4 is 17.1 Å². The number of hydrogen-bond acceptors (Lipinski definition) is 5. The summed E-state index contributed by atoms with van der Waals surface area (Å²) in [7, 11) is 0. The molecule has 7 nitrogen and oxygen atoms in total. The summed E-state index contributed by atoms with van der Waals surface area (Å²) in [5.74, 6) is 0.117. The zero-order valence-electron chi connectivity index (χ0n) is 9.93. The minimum atomic E-state index is -0.298. The molecule has 0 spiro atoms. The smallest absolute Gasteiger partial charge is 0.280 e. The minimum absolute atomic E-state index is 0.117. The van der Waals surface area contributed by atoms with Gasteiger partial charge in [0.05, 0.1) is 12.4 Å². The highest BCUT2D eigenvalue weighted by Crippen LogP contribution is 2.17. The summed E-state index contributed by atoms with van der Waals surface area (Å²) in [5.41, 5.74) is 6.11. The Labute approximate surface area is 103 Å². The predicted molar refractivity (Wildman–Crippen MR) is 66.2 cm³/mol. The van der Waals surface area contributed by atoms with E-state index in [0.29, 0.717) is 17.3 Å². The van der Waals surface area contributed by atoms with Crippen molar-refractivity contribution in [2.75, 3.05) is 12.3 Å². The molecule has 0 bridgehead atoms. The molecule has 3 N–H and O–H groups in total. The van der Waals surface area contributed by atoms with Crippen LogP contribution in [0.5, 0.6) is 0 Å². The van der Waals surface area contributed by atoms with E-state index in [0.717, 1.165) is 32.4 Å². The molecular formula is C11H15N5O2. The number of nitrogens with two attached hydrogens (primary N) is 1. The largest absolute Gasteiger partial charge is 0.378 e. The second-order valence-corrected chi connectivity index (χ2v) is 4.49. The van der Waals surface area contributed by atoms with E-state index in [1.807, 2.05) is 4.57 Å². The average Bonchev–Trinajstić information content (AvgIpc) is 2.94. The first-order valence-corrected chi connectivity index (χ1v) is 6.06. The van der Waals surface area contributed by atoms with Crippen LogP contribution >= 0.6 is 0 Å². The molecule has 2 aromatic rings. The highest BCUT2D eigenvalue weighted by Gasteiger charge is 2.16. The highest BCUT2D eigenvalue weighted by molar-refractivity contribution is 5.70. The molecule has 0 saturated carbocycles. The zero-order valence-corrected chi connectivity index (χ0v) is 9.93. The lowest BCUT2D eigenvalue weighted by Crippen LogP contribution is -2.13. The number of nitrogen functional groups attached to an aromatic ring is 1. The van der Waals surface area contributed by atoms with Gasteiger partial charge in [0.15, 0.2) is 11.2 Å². The number of aromatic nitrogens is 4. The van der Waals surface area contributed by atoms with Crippen LogP contribution in [0.25, 0.3) is 11.2 Å². The van der Waals surface area contributed by atoms with Crippen molar-refractivity contribution in [3.63, 3.8) is 0 Å². The van der Waals surface area contributed by atoms with Crippen molar-refractivity contribution in [3.05, 3.63) is 16.7 Å². The van der Waals surface area contributed by atoms with E-state index in [-0.39, 0.29) is 11.5 Å². The van der Waals surface area contributed by atoms with Crippen molar-refractivity contribution < 1.29 is 4.74 Å². The van der Waals surface area contributed by atoms with Crippen molar-refractivity contribution in [2.45, 2.75) is 31.9 Å². The van der Waals surface area contributed by atoms with E-state index in [1.165, 1.54) is 0 Å². The number of imidazole rings is 1. The molecule has 3 rings (SSSR count). The molecule has 7 heteroatoms. The number of anilines is 1. The van der Waals surface area contributed by atoms with E-state index in [1.54, 1.807) is 6.33 Å². The van der Waals surface area contributed by atoms with Gasteiger partial charge in [-0.05, 0) is 19.3 Å². The monoisotopic (exact) mass is 249 g/mol. The molecule has 1 saturated heterocycles. The predicted octanol–water partition coefficient (Wildman–Crippen LogP) is 0.271. The lowest BCUT2D eigenvalue weighted by molar-refractivity contribution is 0.101. The van der Waals surface area contributed by atoms with Gasteiger partial charge in [0.2, 0.25) is 5.95 Å². The molecular weight excluding hydrogens is 234 g/mol. The molecule has 1 fully saturated rings. The Morgan fingerprint density at radius 2 is 2.50 bits per heavy atom. The Balaban J connectivity index is 1.85. The fraction of sp³-hybridized carbons (Fsp3) is 0.545. The first kappa shape index (κ1) is 11.2. The third kappa shape index (κ3) is 1.97. The molecule has 2 aromatic heterocycles. The molecule has 1 aliphatic heterocycles. The third-order valence-electron chi connectivity index (χ3n) is 3.21. The van der Waals surface area contributed by atoms with Crippen LogP contribution in [0.3, 0.4) is 0 Å². The Morgan fingerprint density at radius 1 is 1.61 bits per heavy atom. The summed E-state index contributed by atoms with van der Waals surface area (Å²) in [6.45, 7) is 1.58. The van der Waals surface area contributed by atoms with Gasteiger partial charge in [0.1, 0.15) is 0 Å². The van der Waals surface area contributed by atoms with Gasteiger partial charge < -0.3 is 15.0 Å². The topological polar surface area (TPSA) is 98.8 Å². The number of nitrogens with zero attached hydrogens (tertiary/aromatic N) is 3. The fourth-order valence-electron chi connectivity index (χ4n) is 2.29. The van der Waals surface area contributed by atoms with Gasteiger partial charge in [-0.3, -0.25) is 9.78 Å². The van der Waals surface area contributed by atoms with Crippen LogP contribution in [-0.4, -0.2) is 32.2 Å². The molecule has 3 heterocycles. The van der Waals surface area contributed by atoms with Gasteiger partial charge in [-0.15, -0.1) is 0 Å². The summed E-state index contributed by atoms with van der Waals surface area (Å²) in [6.07, 6.45) is 5.06. The lowest BCUT2D eigenvalue weighted by Gasteiger charge is -2.09. The number of hydrogen-bond donors (Lipinski definition) is 2. The molecule has 0 radical (unpaired) electrons. The molecule has 0 amide bonds. The van der Waals surface area contributed by atoms with Crippen LogP contribution < -0.4 is 11.3 Å². The summed E-state index contributed by atoms with van der Waals surface area (Å²) >= 11 is 0. The number of ether oxygens (including phenoxy) is 1. The Kier molecular flexibility index (Phi) is 2.75. The van der Waals surface area contributed by atoms with E-state index in [9.17, 15) is 4.79 Å². The highest BCUT2D eigenvalue weighted by atomic mass is 16.5. The van der Waals surface area contributed by atoms with Gasteiger partial charge in [0.25, 0.3) is 5.56 Å². The number of nitrogens with one attached hydrogen (secondary N) is 1. The fourth-order valence-corrected chi connectivity index (χ4v) is 2.29. The summed E-state index contributed by atoms with van der Waals surface area (Å²) in [4.78, 5) is 22.2. The number of aryl methyl sites for hydroxylation is 1. The van der Waals surface area contributed by atoms with Gasteiger partial charge in [0, 0.05) is 13.2 Å². The number of rotatable bonds is 3. The molecule has 0 aliphatic carbocycles. The summed E-state index contributed by atoms with van der Waals surface area (Å²) in [6, 6.07) is 0. The second-order valence-electron chi connectivity index (χ2n) is 4.49. The Morgan fingerprint density at radius 3 is 3.28 bits per heavy atom. The van der Waals surface area contributed by atoms with E-state index >= 15 is 0 Å². The first-order chi connectivity index (χ1) is 8.74. The Hall–Kier alpha value is -1.89. The van der Waals surface area contributed by atoms with Crippen LogP contribution in [0.15, 0.2) is 11.1 Å². The Bertz CT molecular complexity index is 611. The zero-order chi connectivity index (χ0) is 12.5. The maximum Gasteiger partial charge on any atom is 0.280 e. The molecule has 1 atom stereocenters.